The van der Waals surface area contributed by atoms with Gasteiger partial charge in [-0.15, -0.1) is 0 Å². The van der Waals surface area contributed by atoms with Gasteiger partial charge in [0.15, 0.2) is 0 Å². The largest absolute Gasteiger partial charge is 0.373 e. The van der Waals surface area contributed by atoms with E-state index in [2.05, 4.69) is 17.2 Å². The van der Waals surface area contributed by atoms with Crippen LogP contribution in [0.2, 0.25) is 10.0 Å². The minimum absolute atomic E-state index is 0.522. The first-order valence-electron chi connectivity index (χ1n) is 5.90. The number of rotatable bonds is 2. The van der Waals surface area contributed by atoms with Gasteiger partial charge in [-0.3, -0.25) is 0 Å². The molecule has 19 heavy (non-hydrogen) atoms. The van der Waals surface area contributed by atoms with Crippen molar-refractivity contribution in [3.63, 3.8) is 0 Å². The molecule has 0 aromatic heterocycles. The van der Waals surface area contributed by atoms with E-state index >= 15 is 0 Å². The van der Waals surface area contributed by atoms with E-state index in [1.807, 2.05) is 49.4 Å². The fraction of sp³-hybridized carbons (Fsp3) is 0.125. The third kappa shape index (κ3) is 3.92. The first-order chi connectivity index (χ1) is 9.16. The summed E-state index contributed by atoms with van der Waals surface area (Å²) in [6, 6.07) is 13.5. The van der Waals surface area contributed by atoms with Crippen LogP contribution in [0.1, 0.15) is 11.1 Å². The summed E-state index contributed by atoms with van der Waals surface area (Å²) in [5.74, 6) is 6.12. The first kappa shape index (κ1) is 13.8. The molecule has 2 aromatic carbocycles. The van der Waals surface area contributed by atoms with Crippen molar-refractivity contribution < 1.29 is 0 Å². The fourth-order valence-electron chi connectivity index (χ4n) is 1.59. The van der Waals surface area contributed by atoms with Crippen molar-refractivity contribution in [1.82, 2.24) is 0 Å². The highest BCUT2D eigenvalue weighted by Crippen LogP contribution is 2.28. The Morgan fingerprint density at radius 3 is 2.53 bits per heavy atom. The van der Waals surface area contributed by atoms with Crippen LogP contribution >= 0.6 is 23.2 Å². The molecule has 0 aliphatic rings. The second-order valence-corrected chi connectivity index (χ2v) is 4.92. The monoisotopic (exact) mass is 289 g/mol. The quantitative estimate of drug-likeness (QED) is 0.786. The maximum atomic E-state index is 6.13. The number of benzene rings is 2. The molecule has 0 bridgehead atoms. The van der Waals surface area contributed by atoms with Gasteiger partial charge < -0.3 is 5.32 Å². The Hall–Kier alpha value is -1.62. The lowest BCUT2D eigenvalue weighted by molar-refractivity contribution is 1.36. The summed E-state index contributed by atoms with van der Waals surface area (Å²) in [6.07, 6.45) is 0. The Morgan fingerprint density at radius 1 is 1.05 bits per heavy atom. The van der Waals surface area contributed by atoms with Crippen molar-refractivity contribution in [2.45, 2.75) is 6.92 Å². The third-order valence-electron chi connectivity index (χ3n) is 2.62. The zero-order valence-corrected chi connectivity index (χ0v) is 12.0. The molecule has 0 atom stereocenters. The van der Waals surface area contributed by atoms with Crippen molar-refractivity contribution in [3.05, 3.63) is 63.6 Å². The van der Waals surface area contributed by atoms with E-state index in [1.54, 1.807) is 0 Å². The Morgan fingerprint density at radius 2 is 1.79 bits per heavy atom. The maximum absolute atomic E-state index is 6.13. The van der Waals surface area contributed by atoms with Crippen molar-refractivity contribution in [2.75, 3.05) is 11.9 Å². The number of nitrogens with one attached hydrogen (secondary N) is 1. The van der Waals surface area contributed by atoms with Gasteiger partial charge in [0.2, 0.25) is 0 Å². The molecule has 3 heteroatoms. The Balaban J connectivity index is 2.01. The van der Waals surface area contributed by atoms with Crippen LogP contribution in [-0.2, 0) is 0 Å². The van der Waals surface area contributed by atoms with E-state index in [0.29, 0.717) is 16.6 Å². The Bertz CT molecular complexity index is 624. The minimum atomic E-state index is 0.522. The number of halogens is 2. The normalized spacial score (nSPS) is 9.63. The lowest BCUT2D eigenvalue weighted by Crippen LogP contribution is -1.99. The number of aryl methyl sites for hydroxylation is 1. The van der Waals surface area contributed by atoms with Gasteiger partial charge in [-0.2, -0.15) is 0 Å². The van der Waals surface area contributed by atoms with Crippen LogP contribution in [0.15, 0.2) is 42.5 Å². The van der Waals surface area contributed by atoms with Crippen LogP contribution in [-0.4, -0.2) is 6.54 Å². The second-order valence-electron chi connectivity index (χ2n) is 4.10. The Labute approximate surface area is 123 Å². The first-order valence-corrected chi connectivity index (χ1v) is 6.66. The van der Waals surface area contributed by atoms with Gasteiger partial charge in [0.1, 0.15) is 0 Å². The average Bonchev–Trinajstić information content (AvgIpc) is 2.41. The topological polar surface area (TPSA) is 12.0 Å². The van der Waals surface area contributed by atoms with Crippen LogP contribution in [0, 0.1) is 18.8 Å². The predicted octanol–water partition coefficient (Wildman–Crippen LogP) is 4.77. The molecule has 0 radical (unpaired) electrons. The van der Waals surface area contributed by atoms with Gasteiger partial charge >= 0.3 is 0 Å². The zero-order valence-electron chi connectivity index (χ0n) is 10.5. The summed E-state index contributed by atoms with van der Waals surface area (Å²) < 4.78 is 0. The fourth-order valence-corrected chi connectivity index (χ4v) is 2.04. The van der Waals surface area contributed by atoms with Gasteiger partial charge in [0.05, 0.1) is 17.3 Å². The maximum Gasteiger partial charge on any atom is 0.0770 e. The molecular weight excluding hydrogens is 277 g/mol. The molecule has 0 saturated carbocycles. The molecule has 0 aliphatic heterocycles. The molecule has 0 amide bonds. The van der Waals surface area contributed by atoms with Crippen molar-refractivity contribution >= 4 is 28.9 Å². The van der Waals surface area contributed by atoms with Gasteiger partial charge in [0, 0.05) is 10.6 Å². The molecule has 2 aromatic rings. The second kappa shape index (κ2) is 6.52. The predicted molar refractivity (Wildman–Crippen MR) is 83.0 cm³/mol. The lowest BCUT2D eigenvalue weighted by atomic mass is 10.2. The third-order valence-corrected chi connectivity index (χ3v) is 3.34. The highest BCUT2D eigenvalue weighted by Gasteiger charge is 2.03. The van der Waals surface area contributed by atoms with E-state index < -0.39 is 0 Å². The summed E-state index contributed by atoms with van der Waals surface area (Å²) >= 11 is 12.2. The molecular formula is C16H13Cl2N. The molecule has 0 spiro atoms. The average molecular weight is 290 g/mol. The molecule has 1 N–H and O–H groups in total. The molecule has 0 aliphatic carbocycles. The highest BCUT2D eigenvalue weighted by molar-refractivity contribution is 6.35. The smallest absolute Gasteiger partial charge is 0.0770 e. The Kier molecular flexibility index (Phi) is 4.74. The standard InChI is InChI=1S/C16H13Cl2N/c1-12-10-15(18)16(11-14(12)17)19-9-5-8-13-6-3-2-4-7-13/h2-4,6-7,10-11,19H,9H2,1H3. The number of hydrogen-bond donors (Lipinski definition) is 1. The molecule has 0 fully saturated rings. The van der Waals surface area contributed by atoms with Crippen molar-refractivity contribution in [2.24, 2.45) is 0 Å². The lowest BCUT2D eigenvalue weighted by Gasteiger charge is -2.07. The van der Waals surface area contributed by atoms with Crippen LogP contribution in [0.3, 0.4) is 0 Å². The summed E-state index contributed by atoms with van der Waals surface area (Å²) in [7, 11) is 0. The number of hydrogen-bond acceptors (Lipinski definition) is 1. The van der Waals surface area contributed by atoms with E-state index in [4.69, 9.17) is 23.2 Å². The molecule has 2 rings (SSSR count). The molecule has 0 saturated heterocycles. The van der Waals surface area contributed by atoms with Crippen molar-refractivity contribution in [1.29, 1.82) is 0 Å². The van der Waals surface area contributed by atoms with Gasteiger partial charge in [-0.25, -0.2) is 0 Å². The van der Waals surface area contributed by atoms with Crippen LogP contribution < -0.4 is 5.32 Å². The van der Waals surface area contributed by atoms with E-state index in [-0.39, 0.29) is 0 Å². The zero-order chi connectivity index (χ0) is 13.7. The van der Waals surface area contributed by atoms with E-state index in [9.17, 15) is 0 Å². The molecule has 0 heterocycles. The summed E-state index contributed by atoms with van der Waals surface area (Å²) in [5.41, 5.74) is 2.77. The van der Waals surface area contributed by atoms with Crippen LogP contribution in [0.5, 0.6) is 0 Å². The molecule has 0 unspecified atom stereocenters. The molecule has 1 nitrogen and oxygen atoms in total. The van der Waals surface area contributed by atoms with E-state index in [0.717, 1.165) is 16.8 Å². The summed E-state index contributed by atoms with van der Waals surface area (Å²) in [4.78, 5) is 0. The van der Waals surface area contributed by atoms with Crippen LogP contribution in [0.4, 0.5) is 5.69 Å². The van der Waals surface area contributed by atoms with Crippen molar-refractivity contribution in [3.8, 4) is 11.8 Å². The number of anilines is 1. The van der Waals surface area contributed by atoms with Gasteiger partial charge in [-0.1, -0.05) is 53.2 Å². The SMILES string of the molecule is Cc1cc(Cl)c(NCC#Cc2ccccc2)cc1Cl. The summed E-state index contributed by atoms with van der Waals surface area (Å²) in [5, 5.41) is 4.51. The highest BCUT2D eigenvalue weighted by atomic mass is 35.5. The summed E-state index contributed by atoms with van der Waals surface area (Å²) in [6.45, 7) is 2.45. The minimum Gasteiger partial charge on any atom is -0.373 e. The van der Waals surface area contributed by atoms with E-state index in [1.165, 1.54) is 0 Å². The van der Waals surface area contributed by atoms with Gasteiger partial charge in [0.25, 0.3) is 0 Å². The molecule has 96 valence electrons. The van der Waals surface area contributed by atoms with Gasteiger partial charge in [-0.05, 0) is 36.8 Å². The van der Waals surface area contributed by atoms with Crippen LogP contribution in [0.25, 0.3) is 0 Å².